The molecule has 0 atom stereocenters. The molecule has 0 aliphatic rings. The highest BCUT2D eigenvalue weighted by molar-refractivity contribution is 5.95. The summed E-state index contributed by atoms with van der Waals surface area (Å²) in [6.07, 6.45) is 0. The quantitative estimate of drug-likeness (QED) is 0.776. The van der Waals surface area contributed by atoms with Gasteiger partial charge in [-0.2, -0.15) is 0 Å². The van der Waals surface area contributed by atoms with Gasteiger partial charge in [0, 0.05) is 25.8 Å². The van der Waals surface area contributed by atoms with Gasteiger partial charge in [0.15, 0.2) is 0 Å². The summed E-state index contributed by atoms with van der Waals surface area (Å²) >= 11 is 0. The predicted octanol–water partition coefficient (Wildman–Crippen LogP) is 2.74. The third-order valence-electron chi connectivity index (χ3n) is 2.81. The Labute approximate surface area is 110 Å². The number of hydrogen-bond donors (Lipinski definition) is 0. The lowest BCUT2D eigenvalue weighted by atomic mass is 10.1. The summed E-state index contributed by atoms with van der Waals surface area (Å²) < 4.78 is 5.08. The Hall–Kier alpha value is -1.35. The molecule has 0 aliphatic heterocycles. The monoisotopic (exact) mass is 249 g/mol. The lowest BCUT2D eigenvalue weighted by molar-refractivity contribution is 0.0671. The number of carbonyl (C=O) groups is 1. The number of ether oxygens (including phenoxy) is 1. The molecule has 0 N–H and O–H groups in total. The van der Waals surface area contributed by atoms with Crippen molar-refractivity contribution in [1.82, 2.24) is 4.90 Å². The third-order valence-corrected chi connectivity index (χ3v) is 2.81. The summed E-state index contributed by atoms with van der Waals surface area (Å²) in [7, 11) is 1.66. The highest BCUT2D eigenvalue weighted by Gasteiger charge is 2.17. The van der Waals surface area contributed by atoms with Crippen molar-refractivity contribution in [3.63, 3.8) is 0 Å². The van der Waals surface area contributed by atoms with Crippen LogP contribution in [-0.2, 0) is 4.74 Å². The average molecular weight is 249 g/mol. The molecular formula is C15H23NO2. The van der Waals surface area contributed by atoms with Gasteiger partial charge in [-0.25, -0.2) is 0 Å². The second-order valence-electron chi connectivity index (χ2n) is 4.95. The lowest BCUT2D eigenvalue weighted by Gasteiger charge is -2.25. The zero-order chi connectivity index (χ0) is 13.5. The zero-order valence-corrected chi connectivity index (χ0v) is 11.8. The Bertz CT molecular complexity index is 388. The van der Waals surface area contributed by atoms with Crippen molar-refractivity contribution in [2.45, 2.75) is 20.8 Å². The maximum absolute atomic E-state index is 12.5. The summed E-state index contributed by atoms with van der Waals surface area (Å²) in [5.41, 5.74) is 1.81. The van der Waals surface area contributed by atoms with Crippen LogP contribution < -0.4 is 0 Å². The molecule has 0 saturated heterocycles. The molecule has 100 valence electrons. The van der Waals surface area contributed by atoms with Gasteiger partial charge >= 0.3 is 0 Å². The molecule has 1 rings (SSSR count). The van der Waals surface area contributed by atoms with E-state index in [4.69, 9.17) is 4.74 Å². The Balaban J connectivity index is 2.84. The maximum Gasteiger partial charge on any atom is 0.254 e. The first-order valence-corrected chi connectivity index (χ1v) is 6.40. The predicted molar refractivity (Wildman–Crippen MR) is 73.8 cm³/mol. The zero-order valence-electron chi connectivity index (χ0n) is 11.8. The number of methoxy groups -OCH3 is 1. The normalized spacial score (nSPS) is 10.7. The van der Waals surface area contributed by atoms with Gasteiger partial charge in [-0.3, -0.25) is 4.79 Å². The number of aryl methyl sites for hydroxylation is 1. The second kappa shape index (κ2) is 7.17. The van der Waals surface area contributed by atoms with Crippen molar-refractivity contribution in [2.75, 3.05) is 26.8 Å². The standard InChI is InChI=1S/C15H23NO2/c1-12(2)11-16(9-10-18-4)15(17)14-8-6-5-7-13(14)3/h5-8,12H,9-11H2,1-4H3. The van der Waals surface area contributed by atoms with E-state index < -0.39 is 0 Å². The van der Waals surface area contributed by atoms with Crippen LogP contribution in [0.3, 0.4) is 0 Å². The van der Waals surface area contributed by atoms with Crippen LogP contribution in [0.4, 0.5) is 0 Å². The molecule has 0 saturated carbocycles. The smallest absolute Gasteiger partial charge is 0.254 e. The molecule has 1 aromatic rings. The Kier molecular flexibility index (Phi) is 5.86. The molecule has 1 amide bonds. The Morgan fingerprint density at radius 1 is 1.33 bits per heavy atom. The van der Waals surface area contributed by atoms with E-state index in [9.17, 15) is 4.79 Å². The summed E-state index contributed by atoms with van der Waals surface area (Å²) in [5.74, 6) is 0.550. The fourth-order valence-electron chi connectivity index (χ4n) is 1.90. The molecule has 0 bridgehead atoms. The molecule has 0 unspecified atom stereocenters. The molecule has 3 heteroatoms. The van der Waals surface area contributed by atoms with Gasteiger partial charge in [0.2, 0.25) is 0 Å². The maximum atomic E-state index is 12.5. The van der Waals surface area contributed by atoms with Crippen LogP contribution >= 0.6 is 0 Å². The van der Waals surface area contributed by atoms with E-state index in [-0.39, 0.29) is 5.91 Å². The summed E-state index contributed by atoms with van der Waals surface area (Å²) in [6, 6.07) is 7.72. The molecule has 0 fully saturated rings. The van der Waals surface area contributed by atoms with Crippen molar-refractivity contribution >= 4 is 5.91 Å². The number of benzene rings is 1. The molecule has 0 aliphatic carbocycles. The largest absolute Gasteiger partial charge is 0.383 e. The van der Waals surface area contributed by atoms with Gasteiger partial charge in [0.1, 0.15) is 0 Å². The SMILES string of the molecule is COCCN(CC(C)C)C(=O)c1ccccc1C. The van der Waals surface area contributed by atoms with Crippen molar-refractivity contribution in [2.24, 2.45) is 5.92 Å². The number of rotatable bonds is 6. The van der Waals surface area contributed by atoms with E-state index in [0.29, 0.717) is 19.1 Å². The van der Waals surface area contributed by atoms with E-state index in [1.165, 1.54) is 0 Å². The van der Waals surface area contributed by atoms with E-state index >= 15 is 0 Å². The van der Waals surface area contributed by atoms with Crippen molar-refractivity contribution in [3.05, 3.63) is 35.4 Å². The van der Waals surface area contributed by atoms with Gasteiger partial charge in [0.05, 0.1) is 6.61 Å². The first-order chi connectivity index (χ1) is 8.56. The first kappa shape index (κ1) is 14.7. The molecule has 0 spiro atoms. The van der Waals surface area contributed by atoms with E-state index in [1.807, 2.05) is 36.1 Å². The lowest BCUT2D eigenvalue weighted by Crippen LogP contribution is -2.37. The molecule has 1 aromatic carbocycles. The number of carbonyl (C=O) groups excluding carboxylic acids is 1. The second-order valence-corrected chi connectivity index (χ2v) is 4.95. The van der Waals surface area contributed by atoms with Crippen LogP contribution in [0, 0.1) is 12.8 Å². The molecule has 18 heavy (non-hydrogen) atoms. The third kappa shape index (κ3) is 4.15. The van der Waals surface area contributed by atoms with Crippen LogP contribution in [0.1, 0.15) is 29.8 Å². The minimum absolute atomic E-state index is 0.0962. The Morgan fingerprint density at radius 3 is 2.56 bits per heavy atom. The molecule has 0 aromatic heterocycles. The van der Waals surface area contributed by atoms with Gasteiger partial charge in [-0.15, -0.1) is 0 Å². The van der Waals surface area contributed by atoms with Crippen molar-refractivity contribution in [3.8, 4) is 0 Å². The highest BCUT2D eigenvalue weighted by atomic mass is 16.5. The minimum atomic E-state index is 0.0962. The summed E-state index contributed by atoms with van der Waals surface area (Å²) in [4.78, 5) is 14.3. The van der Waals surface area contributed by atoms with Crippen LogP contribution in [0.25, 0.3) is 0 Å². The van der Waals surface area contributed by atoms with E-state index in [1.54, 1.807) is 7.11 Å². The van der Waals surface area contributed by atoms with Gasteiger partial charge < -0.3 is 9.64 Å². The van der Waals surface area contributed by atoms with Gasteiger partial charge in [-0.1, -0.05) is 32.0 Å². The van der Waals surface area contributed by atoms with Gasteiger partial charge in [0.25, 0.3) is 5.91 Å². The molecule has 0 radical (unpaired) electrons. The number of amides is 1. The first-order valence-electron chi connectivity index (χ1n) is 6.40. The summed E-state index contributed by atoms with van der Waals surface area (Å²) in [5, 5.41) is 0. The minimum Gasteiger partial charge on any atom is -0.383 e. The topological polar surface area (TPSA) is 29.5 Å². The summed E-state index contributed by atoms with van der Waals surface area (Å²) in [6.45, 7) is 8.18. The Morgan fingerprint density at radius 2 is 2.00 bits per heavy atom. The molecule has 0 heterocycles. The fraction of sp³-hybridized carbons (Fsp3) is 0.533. The van der Waals surface area contributed by atoms with Crippen molar-refractivity contribution < 1.29 is 9.53 Å². The van der Waals surface area contributed by atoms with Crippen LogP contribution in [-0.4, -0.2) is 37.6 Å². The fourth-order valence-corrected chi connectivity index (χ4v) is 1.90. The van der Waals surface area contributed by atoms with Crippen LogP contribution in [0.15, 0.2) is 24.3 Å². The van der Waals surface area contributed by atoms with Crippen molar-refractivity contribution in [1.29, 1.82) is 0 Å². The van der Waals surface area contributed by atoms with Gasteiger partial charge in [-0.05, 0) is 24.5 Å². The van der Waals surface area contributed by atoms with E-state index in [0.717, 1.165) is 17.7 Å². The number of nitrogens with zero attached hydrogens (tertiary/aromatic N) is 1. The van der Waals surface area contributed by atoms with Crippen LogP contribution in [0.5, 0.6) is 0 Å². The average Bonchev–Trinajstić information content (AvgIpc) is 2.34. The van der Waals surface area contributed by atoms with E-state index in [2.05, 4.69) is 13.8 Å². The molecule has 3 nitrogen and oxygen atoms in total. The molecular weight excluding hydrogens is 226 g/mol. The van der Waals surface area contributed by atoms with Crippen LogP contribution in [0.2, 0.25) is 0 Å². The highest BCUT2D eigenvalue weighted by Crippen LogP contribution is 2.12. The number of hydrogen-bond acceptors (Lipinski definition) is 2.